The number of nitrogens with one attached hydrogen (secondary N) is 2. The van der Waals surface area contributed by atoms with Crippen LogP contribution in [0.4, 0.5) is 0 Å². The van der Waals surface area contributed by atoms with E-state index in [0.717, 1.165) is 11.1 Å². The molecule has 30 heavy (non-hydrogen) atoms. The minimum atomic E-state index is -0.460. The van der Waals surface area contributed by atoms with Crippen LogP contribution < -0.4 is 20.3 Å². The second kappa shape index (κ2) is 9.60. The van der Waals surface area contributed by atoms with E-state index in [9.17, 15) is 9.59 Å². The molecule has 6 heteroatoms. The summed E-state index contributed by atoms with van der Waals surface area (Å²) in [6.45, 7) is 3.81. The van der Waals surface area contributed by atoms with Gasteiger partial charge in [-0.2, -0.15) is 0 Å². The van der Waals surface area contributed by atoms with Crippen LogP contribution in [0.25, 0.3) is 11.1 Å². The summed E-state index contributed by atoms with van der Waals surface area (Å²) in [7, 11) is 1.51. The molecule has 0 aliphatic heterocycles. The topological polar surface area (TPSA) is 76.7 Å². The average molecular weight is 404 g/mol. The van der Waals surface area contributed by atoms with Crippen molar-refractivity contribution >= 4 is 11.8 Å². The van der Waals surface area contributed by atoms with Crippen molar-refractivity contribution in [2.75, 3.05) is 7.11 Å². The average Bonchev–Trinajstić information content (AvgIpc) is 2.77. The van der Waals surface area contributed by atoms with E-state index in [0.29, 0.717) is 22.6 Å². The molecule has 0 bridgehead atoms. The lowest BCUT2D eigenvalue weighted by Gasteiger charge is -2.14. The summed E-state index contributed by atoms with van der Waals surface area (Å²) in [5, 5.41) is 0. The zero-order chi connectivity index (χ0) is 21.5. The van der Waals surface area contributed by atoms with Gasteiger partial charge in [-0.05, 0) is 55.3 Å². The Bertz CT molecular complexity index is 1020. The molecule has 0 spiro atoms. The molecule has 0 atom stereocenters. The first-order chi connectivity index (χ1) is 14.5. The Morgan fingerprint density at radius 3 is 1.90 bits per heavy atom. The number of methoxy groups -OCH3 is 1. The minimum Gasteiger partial charge on any atom is -0.493 e. The number of amides is 2. The van der Waals surface area contributed by atoms with Crippen LogP contribution >= 0.6 is 0 Å². The summed E-state index contributed by atoms with van der Waals surface area (Å²) >= 11 is 0. The molecular weight excluding hydrogens is 380 g/mol. The number of hydrazine groups is 1. The minimum absolute atomic E-state index is 0.0221. The van der Waals surface area contributed by atoms with Gasteiger partial charge in [0.2, 0.25) is 0 Å². The quantitative estimate of drug-likeness (QED) is 0.603. The molecule has 0 aliphatic rings. The first kappa shape index (κ1) is 20.9. The highest BCUT2D eigenvalue weighted by Crippen LogP contribution is 2.29. The summed E-state index contributed by atoms with van der Waals surface area (Å²) in [6, 6.07) is 21.9. The van der Waals surface area contributed by atoms with Gasteiger partial charge >= 0.3 is 0 Å². The number of hydrogen-bond acceptors (Lipinski definition) is 4. The zero-order valence-electron chi connectivity index (χ0n) is 17.1. The normalized spacial score (nSPS) is 10.4. The number of carbonyl (C=O) groups is 2. The summed E-state index contributed by atoms with van der Waals surface area (Å²) < 4.78 is 10.9. The molecule has 2 amide bonds. The number of benzene rings is 3. The predicted molar refractivity (Wildman–Crippen MR) is 116 cm³/mol. The number of hydrogen-bond donors (Lipinski definition) is 2. The molecule has 154 valence electrons. The third kappa shape index (κ3) is 5.17. The monoisotopic (exact) mass is 404 g/mol. The van der Waals surface area contributed by atoms with Crippen molar-refractivity contribution in [2.24, 2.45) is 0 Å². The molecular formula is C24H24N2O4. The number of ether oxygens (including phenoxy) is 2. The van der Waals surface area contributed by atoms with Crippen molar-refractivity contribution < 1.29 is 19.1 Å². The fourth-order valence-corrected chi connectivity index (χ4v) is 2.86. The van der Waals surface area contributed by atoms with E-state index in [1.54, 1.807) is 30.3 Å². The molecule has 0 saturated carbocycles. The fourth-order valence-electron chi connectivity index (χ4n) is 2.86. The lowest BCUT2D eigenvalue weighted by atomic mass is 10.0. The van der Waals surface area contributed by atoms with Gasteiger partial charge in [0, 0.05) is 11.1 Å². The van der Waals surface area contributed by atoms with Gasteiger partial charge in [0.25, 0.3) is 11.8 Å². The van der Waals surface area contributed by atoms with Crippen LogP contribution in [0, 0.1) is 0 Å². The summed E-state index contributed by atoms with van der Waals surface area (Å²) in [5.41, 5.74) is 7.70. The van der Waals surface area contributed by atoms with Gasteiger partial charge in [-0.3, -0.25) is 20.4 Å². The van der Waals surface area contributed by atoms with E-state index in [1.807, 2.05) is 56.3 Å². The van der Waals surface area contributed by atoms with Gasteiger partial charge in [-0.15, -0.1) is 0 Å². The van der Waals surface area contributed by atoms with Gasteiger partial charge in [-0.1, -0.05) is 42.5 Å². The standard InChI is InChI=1S/C24H24N2O4/c1-16(2)30-21-14-13-20(15-22(21)29-3)24(28)26-25-23(27)19-11-9-18(10-12-19)17-7-5-4-6-8-17/h4-16H,1-3H3,(H,25,27)(H,26,28). The summed E-state index contributed by atoms with van der Waals surface area (Å²) in [4.78, 5) is 24.8. The molecule has 0 saturated heterocycles. The van der Waals surface area contributed by atoms with Crippen molar-refractivity contribution in [1.29, 1.82) is 0 Å². The Balaban J connectivity index is 1.62. The third-order valence-electron chi connectivity index (χ3n) is 4.33. The van der Waals surface area contributed by atoms with Crippen LogP contribution in [-0.4, -0.2) is 25.0 Å². The van der Waals surface area contributed by atoms with Crippen molar-refractivity contribution in [2.45, 2.75) is 20.0 Å². The SMILES string of the molecule is COc1cc(C(=O)NNC(=O)c2ccc(-c3ccccc3)cc2)ccc1OC(C)C. The second-order valence-electron chi connectivity index (χ2n) is 6.88. The van der Waals surface area contributed by atoms with Crippen LogP contribution in [-0.2, 0) is 0 Å². The molecule has 0 unspecified atom stereocenters. The summed E-state index contributed by atoms with van der Waals surface area (Å²) in [6.07, 6.45) is -0.0221. The van der Waals surface area contributed by atoms with Crippen molar-refractivity contribution in [3.8, 4) is 22.6 Å². The third-order valence-corrected chi connectivity index (χ3v) is 4.33. The van der Waals surface area contributed by atoms with E-state index in [1.165, 1.54) is 7.11 Å². The number of carbonyl (C=O) groups excluding carboxylic acids is 2. The predicted octanol–water partition coefficient (Wildman–Crippen LogP) is 4.22. The van der Waals surface area contributed by atoms with Crippen LogP contribution in [0.3, 0.4) is 0 Å². The zero-order valence-corrected chi connectivity index (χ0v) is 17.1. The lowest BCUT2D eigenvalue weighted by Crippen LogP contribution is -2.41. The highest BCUT2D eigenvalue weighted by atomic mass is 16.5. The van der Waals surface area contributed by atoms with Crippen molar-refractivity contribution in [1.82, 2.24) is 10.9 Å². The van der Waals surface area contributed by atoms with E-state index < -0.39 is 11.8 Å². The summed E-state index contributed by atoms with van der Waals surface area (Å²) in [5.74, 6) is 0.124. The van der Waals surface area contributed by atoms with Crippen LogP contribution in [0.1, 0.15) is 34.6 Å². The smallest absolute Gasteiger partial charge is 0.269 e. The van der Waals surface area contributed by atoms with Crippen LogP contribution in [0.5, 0.6) is 11.5 Å². The van der Waals surface area contributed by atoms with Gasteiger partial charge in [0.05, 0.1) is 13.2 Å². The van der Waals surface area contributed by atoms with E-state index in [4.69, 9.17) is 9.47 Å². The molecule has 0 fully saturated rings. The Kier molecular flexibility index (Phi) is 6.70. The Hall–Kier alpha value is -3.80. The Morgan fingerprint density at radius 2 is 1.30 bits per heavy atom. The molecule has 3 aromatic carbocycles. The Labute approximate surface area is 175 Å². The fraction of sp³-hybridized carbons (Fsp3) is 0.167. The molecule has 0 heterocycles. The van der Waals surface area contributed by atoms with E-state index >= 15 is 0 Å². The maximum Gasteiger partial charge on any atom is 0.269 e. The van der Waals surface area contributed by atoms with E-state index in [2.05, 4.69) is 10.9 Å². The first-order valence-electron chi connectivity index (χ1n) is 9.59. The molecule has 0 aromatic heterocycles. The second-order valence-corrected chi connectivity index (χ2v) is 6.88. The molecule has 6 nitrogen and oxygen atoms in total. The van der Waals surface area contributed by atoms with Gasteiger partial charge in [0.15, 0.2) is 11.5 Å². The number of rotatable bonds is 6. The maximum absolute atomic E-state index is 12.4. The highest BCUT2D eigenvalue weighted by molar-refractivity contribution is 5.99. The van der Waals surface area contributed by atoms with Gasteiger partial charge < -0.3 is 9.47 Å². The van der Waals surface area contributed by atoms with Crippen LogP contribution in [0.15, 0.2) is 72.8 Å². The van der Waals surface area contributed by atoms with Crippen molar-refractivity contribution in [3.63, 3.8) is 0 Å². The van der Waals surface area contributed by atoms with Crippen LogP contribution in [0.2, 0.25) is 0 Å². The lowest BCUT2D eigenvalue weighted by molar-refractivity contribution is 0.0846. The van der Waals surface area contributed by atoms with Gasteiger partial charge in [0.1, 0.15) is 0 Å². The highest BCUT2D eigenvalue weighted by Gasteiger charge is 2.13. The van der Waals surface area contributed by atoms with Crippen molar-refractivity contribution in [3.05, 3.63) is 83.9 Å². The molecule has 0 aliphatic carbocycles. The molecule has 3 aromatic rings. The van der Waals surface area contributed by atoms with Gasteiger partial charge in [-0.25, -0.2) is 0 Å². The molecule has 0 radical (unpaired) electrons. The maximum atomic E-state index is 12.4. The first-order valence-corrected chi connectivity index (χ1v) is 9.59. The molecule has 3 rings (SSSR count). The Morgan fingerprint density at radius 1 is 0.733 bits per heavy atom. The largest absolute Gasteiger partial charge is 0.493 e. The van der Waals surface area contributed by atoms with E-state index in [-0.39, 0.29) is 6.10 Å². The molecule has 2 N–H and O–H groups in total.